The standard InChI is InChI=1S/C17H25NO3/c1-4-15(5-2)18(3)12-13-21-16-9-6-14(7-10-16)8-11-17(19)20/h6-11,15H,4-5,12-13H2,1-3H3,(H,19,20). The van der Waals surface area contributed by atoms with Gasteiger partial charge in [0.2, 0.25) is 0 Å². The molecule has 1 N–H and O–H groups in total. The van der Waals surface area contributed by atoms with Crippen molar-refractivity contribution in [3.63, 3.8) is 0 Å². The molecule has 4 nitrogen and oxygen atoms in total. The minimum atomic E-state index is -0.945. The van der Waals surface area contributed by atoms with Crippen molar-refractivity contribution in [2.75, 3.05) is 20.2 Å². The van der Waals surface area contributed by atoms with Crippen LogP contribution in [0.5, 0.6) is 5.75 Å². The molecule has 0 saturated heterocycles. The predicted molar refractivity (Wildman–Crippen MR) is 85.6 cm³/mol. The summed E-state index contributed by atoms with van der Waals surface area (Å²) in [5.41, 5.74) is 0.846. The highest BCUT2D eigenvalue weighted by Gasteiger charge is 2.09. The first-order chi connectivity index (χ1) is 10.1. The van der Waals surface area contributed by atoms with Crippen LogP contribution in [0.15, 0.2) is 30.3 Å². The zero-order valence-electron chi connectivity index (χ0n) is 13.1. The summed E-state index contributed by atoms with van der Waals surface area (Å²) in [6.45, 7) is 5.95. The van der Waals surface area contributed by atoms with Crippen molar-refractivity contribution in [3.8, 4) is 5.75 Å². The van der Waals surface area contributed by atoms with Crippen molar-refractivity contribution in [1.82, 2.24) is 4.90 Å². The number of ether oxygens (including phenoxy) is 1. The molecule has 0 aromatic heterocycles. The smallest absolute Gasteiger partial charge is 0.328 e. The summed E-state index contributed by atoms with van der Waals surface area (Å²) < 4.78 is 5.71. The third-order valence-corrected chi connectivity index (χ3v) is 3.58. The maximum atomic E-state index is 10.4. The maximum absolute atomic E-state index is 10.4. The Bertz CT molecular complexity index is 450. The number of nitrogens with zero attached hydrogens (tertiary/aromatic N) is 1. The Morgan fingerprint density at radius 3 is 2.43 bits per heavy atom. The van der Waals surface area contributed by atoms with E-state index in [0.29, 0.717) is 12.6 Å². The van der Waals surface area contributed by atoms with E-state index < -0.39 is 5.97 Å². The second-order valence-electron chi connectivity index (χ2n) is 5.04. The molecular weight excluding hydrogens is 266 g/mol. The molecule has 0 aliphatic carbocycles. The van der Waals surface area contributed by atoms with Gasteiger partial charge in [-0.1, -0.05) is 26.0 Å². The van der Waals surface area contributed by atoms with E-state index in [4.69, 9.17) is 9.84 Å². The summed E-state index contributed by atoms with van der Waals surface area (Å²) in [6.07, 6.45) is 4.99. The monoisotopic (exact) mass is 291 g/mol. The molecule has 0 fully saturated rings. The topological polar surface area (TPSA) is 49.8 Å². The molecule has 1 rings (SSSR count). The quantitative estimate of drug-likeness (QED) is 0.709. The summed E-state index contributed by atoms with van der Waals surface area (Å²) in [7, 11) is 2.13. The second kappa shape index (κ2) is 9.19. The van der Waals surface area contributed by atoms with Crippen molar-refractivity contribution in [3.05, 3.63) is 35.9 Å². The molecule has 0 heterocycles. The Balaban J connectivity index is 2.41. The average Bonchev–Trinajstić information content (AvgIpc) is 2.47. The Hall–Kier alpha value is -1.81. The summed E-state index contributed by atoms with van der Waals surface area (Å²) in [6, 6.07) is 8.02. The summed E-state index contributed by atoms with van der Waals surface area (Å²) in [5, 5.41) is 8.57. The normalized spacial score (nSPS) is 11.5. The van der Waals surface area contributed by atoms with Gasteiger partial charge < -0.3 is 14.7 Å². The third kappa shape index (κ3) is 6.45. The fourth-order valence-corrected chi connectivity index (χ4v) is 2.24. The fourth-order valence-electron chi connectivity index (χ4n) is 2.24. The van der Waals surface area contributed by atoms with Crippen molar-refractivity contribution in [2.24, 2.45) is 0 Å². The zero-order chi connectivity index (χ0) is 15.7. The number of hydrogen-bond donors (Lipinski definition) is 1. The van der Waals surface area contributed by atoms with Gasteiger partial charge in [0.05, 0.1) is 0 Å². The molecule has 0 aliphatic rings. The molecule has 116 valence electrons. The highest BCUT2D eigenvalue weighted by atomic mass is 16.5. The number of rotatable bonds is 9. The van der Waals surface area contributed by atoms with Crippen LogP contribution in [0.1, 0.15) is 32.3 Å². The van der Waals surface area contributed by atoms with Gasteiger partial charge in [0, 0.05) is 18.7 Å². The summed E-state index contributed by atoms with van der Waals surface area (Å²) in [5.74, 6) is -0.139. The van der Waals surface area contributed by atoms with Gasteiger partial charge in [-0.15, -0.1) is 0 Å². The van der Waals surface area contributed by atoms with Gasteiger partial charge in [0.25, 0.3) is 0 Å². The molecule has 0 amide bonds. The Labute approximate surface area is 127 Å². The van der Waals surface area contributed by atoms with Crippen molar-refractivity contribution in [1.29, 1.82) is 0 Å². The average molecular weight is 291 g/mol. The van der Waals surface area contributed by atoms with Crippen LogP contribution in [-0.2, 0) is 4.79 Å². The number of carboxylic acid groups (broad SMARTS) is 1. The van der Waals surface area contributed by atoms with Gasteiger partial charge in [0.15, 0.2) is 0 Å². The lowest BCUT2D eigenvalue weighted by Gasteiger charge is -2.25. The van der Waals surface area contributed by atoms with Gasteiger partial charge in [0.1, 0.15) is 12.4 Å². The van der Waals surface area contributed by atoms with E-state index in [0.717, 1.165) is 36.8 Å². The first kappa shape index (κ1) is 17.2. The highest BCUT2D eigenvalue weighted by Crippen LogP contribution is 2.13. The SMILES string of the molecule is CCC(CC)N(C)CCOc1ccc(C=CC(=O)O)cc1. The number of likely N-dealkylation sites (N-methyl/N-ethyl adjacent to an activating group) is 1. The maximum Gasteiger partial charge on any atom is 0.328 e. The van der Waals surface area contributed by atoms with E-state index in [-0.39, 0.29) is 0 Å². The molecule has 0 atom stereocenters. The molecule has 4 heteroatoms. The van der Waals surface area contributed by atoms with E-state index in [1.54, 1.807) is 6.08 Å². The van der Waals surface area contributed by atoms with Crippen LogP contribution in [-0.4, -0.2) is 42.2 Å². The minimum Gasteiger partial charge on any atom is -0.492 e. The second-order valence-corrected chi connectivity index (χ2v) is 5.04. The molecular formula is C17H25NO3. The third-order valence-electron chi connectivity index (χ3n) is 3.58. The van der Waals surface area contributed by atoms with Crippen molar-refractivity contribution in [2.45, 2.75) is 32.7 Å². The number of hydrogen-bond acceptors (Lipinski definition) is 3. The molecule has 21 heavy (non-hydrogen) atoms. The molecule has 0 radical (unpaired) electrons. The van der Waals surface area contributed by atoms with Crippen LogP contribution in [0, 0.1) is 0 Å². The lowest BCUT2D eigenvalue weighted by atomic mass is 10.1. The minimum absolute atomic E-state index is 0.608. The van der Waals surface area contributed by atoms with E-state index in [9.17, 15) is 4.79 Å². The Kier molecular flexibility index (Phi) is 7.54. The number of benzene rings is 1. The van der Waals surface area contributed by atoms with Crippen molar-refractivity contribution < 1.29 is 14.6 Å². The molecule has 0 saturated carbocycles. The van der Waals surface area contributed by atoms with Gasteiger partial charge >= 0.3 is 5.97 Å². The van der Waals surface area contributed by atoms with Gasteiger partial charge in [-0.3, -0.25) is 0 Å². The van der Waals surface area contributed by atoms with Gasteiger partial charge in [-0.2, -0.15) is 0 Å². The number of carbonyl (C=O) groups is 1. The molecule has 0 spiro atoms. The number of aliphatic carboxylic acids is 1. The van der Waals surface area contributed by atoms with Crippen LogP contribution in [0.2, 0.25) is 0 Å². The van der Waals surface area contributed by atoms with Gasteiger partial charge in [-0.05, 0) is 43.7 Å². The van der Waals surface area contributed by atoms with Crippen molar-refractivity contribution >= 4 is 12.0 Å². The first-order valence-electron chi connectivity index (χ1n) is 7.40. The summed E-state index contributed by atoms with van der Waals surface area (Å²) >= 11 is 0. The van der Waals surface area contributed by atoms with E-state index in [2.05, 4.69) is 25.8 Å². The predicted octanol–water partition coefficient (Wildman–Crippen LogP) is 3.28. The molecule has 0 unspecified atom stereocenters. The van der Waals surface area contributed by atoms with Crippen LogP contribution in [0.3, 0.4) is 0 Å². The lowest BCUT2D eigenvalue weighted by Crippen LogP contribution is -2.33. The van der Waals surface area contributed by atoms with E-state index >= 15 is 0 Å². The molecule has 1 aromatic carbocycles. The Morgan fingerprint density at radius 2 is 1.90 bits per heavy atom. The van der Waals surface area contributed by atoms with E-state index in [1.807, 2.05) is 24.3 Å². The summed E-state index contributed by atoms with van der Waals surface area (Å²) in [4.78, 5) is 12.8. The van der Waals surface area contributed by atoms with Gasteiger partial charge in [-0.25, -0.2) is 4.79 Å². The molecule has 0 bridgehead atoms. The first-order valence-corrected chi connectivity index (χ1v) is 7.40. The highest BCUT2D eigenvalue weighted by molar-refractivity contribution is 5.85. The Morgan fingerprint density at radius 1 is 1.29 bits per heavy atom. The van der Waals surface area contributed by atoms with Crippen LogP contribution in [0.25, 0.3) is 6.08 Å². The largest absolute Gasteiger partial charge is 0.492 e. The van der Waals surface area contributed by atoms with Crippen LogP contribution in [0.4, 0.5) is 0 Å². The lowest BCUT2D eigenvalue weighted by molar-refractivity contribution is -0.131. The number of carboxylic acids is 1. The molecule has 1 aromatic rings. The van der Waals surface area contributed by atoms with Crippen LogP contribution < -0.4 is 4.74 Å². The van der Waals surface area contributed by atoms with Crippen LogP contribution >= 0.6 is 0 Å². The fraction of sp³-hybridized carbons (Fsp3) is 0.471. The van der Waals surface area contributed by atoms with E-state index in [1.165, 1.54) is 0 Å². The molecule has 0 aliphatic heterocycles. The zero-order valence-corrected chi connectivity index (χ0v) is 13.1.